The van der Waals surface area contributed by atoms with Gasteiger partial charge >= 0.3 is 6.03 Å². The maximum atomic E-state index is 12.7. The van der Waals surface area contributed by atoms with Crippen LogP contribution in [0.5, 0.6) is 0 Å². The zero-order chi connectivity index (χ0) is 22.0. The second kappa shape index (κ2) is 9.15. The van der Waals surface area contributed by atoms with E-state index in [9.17, 15) is 13.6 Å². The number of hydrogen-bond acceptors (Lipinski definition) is 7. The fourth-order valence-electron chi connectivity index (χ4n) is 3.69. The molecule has 0 radical (unpaired) electrons. The molecule has 0 aliphatic carbocycles. The van der Waals surface area contributed by atoms with E-state index in [4.69, 9.17) is 0 Å². The standard InChI is InChI=1S/C20H23F2N7OS/c1-12-26-27-19(31-12)16-7-13-8-18(24-10-14(13)9-23-16)25-20(30)29-5-3-15(4-6-29)28(2)11-17(21)22/h7-10,15,17H,3-6,11H2,1-2H3,(H,24,25,30). The molecule has 1 N–H and O–H groups in total. The van der Waals surface area contributed by atoms with Gasteiger partial charge in [-0.15, -0.1) is 10.2 Å². The molecular weight excluding hydrogens is 424 g/mol. The Morgan fingerprint density at radius 1 is 1.23 bits per heavy atom. The average Bonchev–Trinajstić information content (AvgIpc) is 3.19. The molecule has 164 valence electrons. The summed E-state index contributed by atoms with van der Waals surface area (Å²) < 4.78 is 25.2. The number of hydrogen-bond donors (Lipinski definition) is 1. The second-order valence-corrected chi connectivity index (χ2v) is 8.77. The van der Waals surface area contributed by atoms with Crippen LogP contribution in [0, 0.1) is 6.92 Å². The highest BCUT2D eigenvalue weighted by atomic mass is 32.1. The predicted molar refractivity (Wildman–Crippen MR) is 115 cm³/mol. The molecule has 3 aromatic rings. The van der Waals surface area contributed by atoms with Gasteiger partial charge in [-0.3, -0.25) is 15.2 Å². The fourth-order valence-corrected chi connectivity index (χ4v) is 4.35. The molecule has 31 heavy (non-hydrogen) atoms. The highest BCUT2D eigenvalue weighted by Gasteiger charge is 2.26. The van der Waals surface area contributed by atoms with Crippen LogP contribution in [0.2, 0.25) is 0 Å². The van der Waals surface area contributed by atoms with Crippen LogP contribution in [0.15, 0.2) is 24.5 Å². The van der Waals surface area contributed by atoms with Crippen LogP contribution in [0.4, 0.5) is 19.4 Å². The molecule has 8 nitrogen and oxygen atoms in total. The van der Waals surface area contributed by atoms with Crippen molar-refractivity contribution in [3.8, 4) is 10.7 Å². The topological polar surface area (TPSA) is 87.1 Å². The van der Waals surface area contributed by atoms with E-state index in [2.05, 4.69) is 25.5 Å². The number of aryl methyl sites for hydroxylation is 1. The molecule has 4 heterocycles. The van der Waals surface area contributed by atoms with Crippen LogP contribution in [-0.4, -0.2) is 75.1 Å². The van der Waals surface area contributed by atoms with Crippen molar-refractivity contribution in [3.05, 3.63) is 29.5 Å². The molecule has 0 bridgehead atoms. The third-order valence-electron chi connectivity index (χ3n) is 5.38. The number of urea groups is 1. The molecule has 0 saturated carbocycles. The van der Waals surface area contributed by atoms with Gasteiger partial charge < -0.3 is 4.90 Å². The normalized spacial score (nSPS) is 15.2. The fraction of sp³-hybridized carbons (Fsp3) is 0.450. The number of aromatic nitrogens is 4. The van der Waals surface area contributed by atoms with Gasteiger partial charge in [0.05, 0.1) is 6.54 Å². The Kier molecular flexibility index (Phi) is 6.33. The minimum atomic E-state index is -2.35. The average molecular weight is 448 g/mol. The summed E-state index contributed by atoms with van der Waals surface area (Å²) in [5.74, 6) is 0.444. The third-order valence-corrected chi connectivity index (χ3v) is 6.25. The number of rotatable bonds is 5. The van der Waals surface area contributed by atoms with Crippen LogP contribution in [-0.2, 0) is 0 Å². The Bertz CT molecular complexity index is 1070. The number of carbonyl (C=O) groups is 1. The van der Waals surface area contributed by atoms with E-state index in [0.717, 1.165) is 26.5 Å². The maximum Gasteiger partial charge on any atom is 0.323 e. The summed E-state index contributed by atoms with van der Waals surface area (Å²) in [6, 6.07) is 3.52. The highest BCUT2D eigenvalue weighted by molar-refractivity contribution is 7.14. The molecule has 1 fully saturated rings. The smallest absolute Gasteiger partial charge is 0.323 e. The van der Waals surface area contributed by atoms with Gasteiger partial charge in [-0.05, 0) is 44.3 Å². The molecule has 2 amide bonds. The molecule has 4 rings (SSSR count). The van der Waals surface area contributed by atoms with E-state index in [1.165, 1.54) is 11.3 Å². The Labute approximate surface area is 182 Å². The van der Waals surface area contributed by atoms with Gasteiger partial charge in [0, 0.05) is 36.9 Å². The monoisotopic (exact) mass is 447 g/mol. The molecule has 0 unspecified atom stereocenters. The van der Waals surface area contributed by atoms with Gasteiger partial charge in [-0.2, -0.15) is 0 Å². The van der Waals surface area contributed by atoms with Crippen LogP contribution >= 0.6 is 11.3 Å². The Balaban J connectivity index is 1.41. The number of pyridine rings is 2. The SMILES string of the molecule is Cc1nnc(-c2cc3cc(NC(=O)N4CCC(N(C)CC(F)F)CC4)ncc3cn2)s1. The van der Waals surface area contributed by atoms with Crippen LogP contribution in [0.25, 0.3) is 21.5 Å². The second-order valence-electron chi connectivity index (χ2n) is 7.59. The lowest BCUT2D eigenvalue weighted by atomic mass is 10.0. The molecule has 0 atom stereocenters. The van der Waals surface area contributed by atoms with Crippen LogP contribution in [0.3, 0.4) is 0 Å². The van der Waals surface area contributed by atoms with Crippen molar-refractivity contribution >= 4 is 34.0 Å². The van der Waals surface area contributed by atoms with Crippen molar-refractivity contribution in [2.45, 2.75) is 32.2 Å². The van der Waals surface area contributed by atoms with Crippen LogP contribution < -0.4 is 5.32 Å². The maximum absolute atomic E-state index is 12.7. The molecule has 1 aliphatic heterocycles. The van der Waals surface area contributed by atoms with E-state index >= 15 is 0 Å². The summed E-state index contributed by atoms with van der Waals surface area (Å²) in [6.45, 7) is 2.68. The van der Waals surface area contributed by atoms with Crippen molar-refractivity contribution in [3.63, 3.8) is 0 Å². The Morgan fingerprint density at radius 2 is 1.97 bits per heavy atom. The highest BCUT2D eigenvalue weighted by Crippen LogP contribution is 2.25. The quantitative estimate of drug-likeness (QED) is 0.643. The van der Waals surface area contributed by atoms with Crippen molar-refractivity contribution < 1.29 is 13.6 Å². The summed E-state index contributed by atoms with van der Waals surface area (Å²) in [5, 5.41) is 14.3. The van der Waals surface area contributed by atoms with E-state index < -0.39 is 6.43 Å². The zero-order valence-corrected chi connectivity index (χ0v) is 18.1. The number of carbonyl (C=O) groups excluding carboxylic acids is 1. The molecule has 1 saturated heterocycles. The lowest BCUT2D eigenvalue weighted by Gasteiger charge is -2.36. The minimum absolute atomic E-state index is 0.0618. The summed E-state index contributed by atoms with van der Waals surface area (Å²) in [7, 11) is 1.71. The first-order chi connectivity index (χ1) is 14.9. The number of piperidine rings is 1. The summed E-state index contributed by atoms with van der Waals surface area (Å²) in [6.07, 6.45) is 2.37. The number of nitrogens with zero attached hydrogens (tertiary/aromatic N) is 6. The molecule has 1 aliphatic rings. The first-order valence-corrected chi connectivity index (χ1v) is 10.8. The molecule has 11 heteroatoms. The molecular formula is C20H23F2N7OS. The summed E-state index contributed by atoms with van der Waals surface area (Å²) in [5.41, 5.74) is 0.719. The van der Waals surface area contributed by atoms with Gasteiger partial charge in [0.25, 0.3) is 6.43 Å². The summed E-state index contributed by atoms with van der Waals surface area (Å²) >= 11 is 1.47. The minimum Gasteiger partial charge on any atom is -0.324 e. The Hall–Kier alpha value is -2.79. The number of amides is 2. The number of nitrogens with one attached hydrogen (secondary N) is 1. The van der Waals surface area contributed by atoms with Gasteiger partial charge in [0.15, 0.2) is 5.01 Å². The Morgan fingerprint density at radius 3 is 2.65 bits per heavy atom. The molecule has 0 aromatic carbocycles. The van der Waals surface area contributed by atoms with Gasteiger partial charge in [-0.25, -0.2) is 18.6 Å². The van der Waals surface area contributed by atoms with Gasteiger partial charge in [0.2, 0.25) is 0 Å². The van der Waals surface area contributed by atoms with E-state index in [1.54, 1.807) is 35.3 Å². The largest absolute Gasteiger partial charge is 0.324 e. The predicted octanol–water partition coefficient (Wildman–Crippen LogP) is 3.65. The van der Waals surface area contributed by atoms with Crippen molar-refractivity contribution in [2.75, 3.05) is 32.0 Å². The van der Waals surface area contributed by atoms with E-state index in [1.807, 2.05) is 13.0 Å². The first-order valence-electron chi connectivity index (χ1n) is 9.99. The van der Waals surface area contributed by atoms with Gasteiger partial charge in [0.1, 0.15) is 16.5 Å². The van der Waals surface area contributed by atoms with Crippen LogP contribution in [0.1, 0.15) is 17.8 Å². The van der Waals surface area contributed by atoms with Crippen molar-refractivity contribution in [1.82, 2.24) is 30.0 Å². The summed E-state index contributed by atoms with van der Waals surface area (Å²) in [4.78, 5) is 24.8. The van der Waals surface area contributed by atoms with Gasteiger partial charge in [-0.1, -0.05) is 11.3 Å². The number of anilines is 1. The number of alkyl halides is 2. The number of fused-ring (bicyclic) bond motifs is 1. The zero-order valence-electron chi connectivity index (χ0n) is 17.3. The molecule has 0 spiro atoms. The van der Waals surface area contributed by atoms with Crippen molar-refractivity contribution in [2.24, 2.45) is 0 Å². The third kappa shape index (κ3) is 5.10. The van der Waals surface area contributed by atoms with E-state index in [-0.39, 0.29) is 18.6 Å². The first kappa shape index (κ1) is 21.4. The van der Waals surface area contributed by atoms with E-state index in [0.29, 0.717) is 31.7 Å². The lowest BCUT2D eigenvalue weighted by molar-refractivity contribution is 0.0628. The van der Waals surface area contributed by atoms with Crippen molar-refractivity contribution in [1.29, 1.82) is 0 Å². The number of halogens is 2. The molecule has 3 aromatic heterocycles. The number of likely N-dealkylation sites (tertiary alicyclic amines) is 1. The lowest BCUT2D eigenvalue weighted by Crippen LogP contribution is -2.47.